The number of carbonyl (C=O) groups is 1. The fraction of sp³-hybridized carbons (Fsp3) is 0.333. The number of hydrogen-bond donors (Lipinski definition) is 2. The van der Waals surface area contributed by atoms with Gasteiger partial charge in [-0.2, -0.15) is 5.10 Å². The van der Waals surface area contributed by atoms with Crippen LogP contribution in [0.25, 0.3) is 11.5 Å². The quantitative estimate of drug-likeness (QED) is 0.673. The second-order valence-electron chi connectivity index (χ2n) is 7.48. The van der Waals surface area contributed by atoms with E-state index >= 15 is 0 Å². The minimum Gasteiger partial charge on any atom is -0.444 e. The Morgan fingerprint density at radius 3 is 2.57 bits per heavy atom. The number of alkyl carbamates (subject to hydrolysis) is 1. The van der Waals surface area contributed by atoms with Crippen molar-refractivity contribution < 1.29 is 9.53 Å². The summed E-state index contributed by atoms with van der Waals surface area (Å²) in [7, 11) is 0. The van der Waals surface area contributed by atoms with Gasteiger partial charge in [-0.1, -0.05) is 36.4 Å². The van der Waals surface area contributed by atoms with E-state index in [4.69, 9.17) is 4.74 Å². The van der Waals surface area contributed by atoms with Crippen molar-refractivity contribution in [3.05, 3.63) is 66.1 Å². The zero-order valence-electron chi connectivity index (χ0n) is 16.3. The Morgan fingerprint density at radius 2 is 1.89 bits per heavy atom. The number of carbonyl (C=O) groups excluding carboxylic acids is 1. The molecule has 0 radical (unpaired) electrons. The van der Waals surface area contributed by atoms with Crippen molar-refractivity contribution in [1.82, 2.24) is 25.5 Å². The fourth-order valence-electron chi connectivity index (χ4n) is 2.72. The number of benzene rings is 1. The topological polar surface area (TPSA) is 92.8 Å². The number of nitrogens with one attached hydrogen (secondary N) is 2. The first kappa shape index (κ1) is 19.5. The number of aryl methyl sites for hydroxylation is 1. The van der Waals surface area contributed by atoms with Crippen LogP contribution in [-0.2, 0) is 11.2 Å². The molecule has 0 aliphatic heterocycles. The smallest absolute Gasteiger partial charge is 0.408 e. The Kier molecular flexibility index (Phi) is 6.03. The highest BCUT2D eigenvalue weighted by Crippen LogP contribution is 2.20. The molecule has 7 heteroatoms. The summed E-state index contributed by atoms with van der Waals surface area (Å²) in [6, 6.07) is 15.3. The first-order chi connectivity index (χ1) is 13.4. The Hall–Kier alpha value is -3.22. The van der Waals surface area contributed by atoms with Crippen LogP contribution in [0.15, 0.2) is 54.7 Å². The van der Waals surface area contributed by atoms with Gasteiger partial charge in [-0.25, -0.2) is 9.78 Å². The summed E-state index contributed by atoms with van der Waals surface area (Å²) in [4.78, 5) is 21.1. The molecule has 0 fully saturated rings. The summed E-state index contributed by atoms with van der Waals surface area (Å²) in [5, 5.41) is 10.1. The molecular formula is C21H25N5O2. The van der Waals surface area contributed by atoms with Gasteiger partial charge in [0.05, 0.1) is 6.04 Å². The van der Waals surface area contributed by atoms with E-state index in [1.165, 1.54) is 5.56 Å². The molecule has 1 aromatic carbocycles. The molecule has 0 aliphatic rings. The van der Waals surface area contributed by atoms with Gasteiger partial charge in [0.2, 0.25) is 0 Å². The largest absolute Gasteiger partial charge is 0.444 e. The average molecular weight is 379 g/mol. The standard InChI is InChI=1S/C21H25N5O2/c1-21(2,3)28-20(27)23-17(13-12-15-9-5-4-6-10-15)19-24-18(25-26-19)16-11-7-8-14-22-16/h4-11,14,17H,12-13H2,1-3H3,(H,23,27)(H,24,25,26). The molecule has 2 N–H and O–H groups in total. The number of H-pyrrole nitrogens is 1. The molecule has 1 unspecified atom stereocenters. The Balaban J connectivity index is 1.77. The van der Waals surface area contributed by atoms with Gasteiger partial charge < -0.3 is 10.1 Å². The van der Waals surface area contributed by atoms with Crippen molar-refractivity contribution in [2.45, 2.75) is 45.3 Å². The van der Waals surface area contributed by atoms with Crippen molar-refractivity contribution in [1.29, 1.82) is 0 Å². The van der Waals surface area contributed by atoms with Crippen molar-refractivity contribution in [3.8, 4) is 11.5 Å². The second-order valence-corrected chi connectivity index (χ2v) is 7.48. The van der Waals surface area contributed by atoms with Gasteiger partial charge in [0.1, 0.15) is 17.1 Å². The SMILES string of the molecule is CC(C)(C)OC(=O)NC(CCc1ccccc1)c1nc(-c2ccccn2)n[nH]1. The molecule has 0 bridgehead atoms. The molecule has 146 valence electrons. The molecule has 3 aromatic rings. The third-order valence-corrected chi connectivity index (χ3v) is 3.98. The van der Waals surface area contributed by atoms with E-state index in [9.17, 15) is 4.79 Å². The highest BCUT2D eigenvalue weighted by molar-refractivity contribution is 5.68. The molecule has 3 rings (SSSR count). The first-order valence-corrected chi connectivity index (χ1v) is 9.28. The van der Waals surface area contributed by atoms with Gasteiger partial charge >= 0.3 is 6.09 Å². The normalized spacial score (nSPS) is 12.4. The van der Waals surface area contributed by atoms with E-state index in [0.29, 0.717) is 23.8 Å². The number of amides is 1. The van der Waals surface area contributed by atoms with Crippen LogP contribution in [0.2, 0.25) is 0 Å². The van der Waals surface area contributed by atoms with Crippen LogP contribution in [-0.4, -0.2) is 31.9 Å². The number of hydrogen-bond acceptors (Lipinski definition) is 5. The molecule has 0 saturated carbocycles. The average Bonchev–Trinajstić information content (AvgIpc) is 3.15. The van der Waals surface area contributed by atoms with Gasteiger partial charge in [-0.3, -0.25) is 10.1 Å². The number of ether oxygens (including phenoxy) is 1. The zero-order valence-corrected chi connectivity index (χ0v) is 16.3. The molecule has 0 spiro atoms. The summed E-state index contributed by atoms with van der Waals surface area (Å²) in [5.41, 5.74) is 1.28. The maximum atomic E-state index is 12.3. The lowest BCUT2D eigenvalue weighted by atomic mass is 10.0. The van der Waals surface area contributed by atoms with Crippen molar-refractivity contribution in [3.63, 3.8) is 0 Å². The summed E-state index contributed by atoms with van der Waals surface area (Å²) in [5.74, 6) is 1.06. The second kappa shape index (κ2) is 8.65. The third-order valence-electron chi connectivity index (χ3n) is 3.98. The van der Waals surface area contributed by atoms with Crippen LogP contribution in [0.4, 0.5) is 4.79 Å². The van der Waals surface area contributed by atoms with Gasteiger partial charge in [0, 0.05) is 6.20 Å². The van der Waals surface area contributed by atoms with Gasteiger partial charge in [0.15, 0.2) is 5.82 Å². The monoisotopic (exact) mass is 379 g/mol. The van der Waals surface area contributed by atoms with Crippen molar-refractivity contribution in [2.24, 2.45) is 0 Å². The predicted octanol–water partition coefficient (Wildman–Crippen LogP) is 4.07. The van der Waals surface area contributed by atoms with Crippen LogP contribution in [0.1, 0.15) is 44.6 Å². The van der Waals surface area contributed by atoms with Crippen LogP contribution < -0.4 is 5.32 Å². The predicted molar refractivity (Wildman–Crippen MR) is 106 cm³/mol. The van der Waals surface area contributed by atoms with Crippen molar-refractivity contribution >= 4 is 6.09 Å². The lowest BCUT2D eigenvalue weighted by Gasteiger charge is -2.22. The van der Waals surface area contributed by atoms with E-state index in [2.05, 4.69) is 37.6 Å². The Morgan fingerprint density at radius 1 is 1.14 bits per heavy atom. The lowest BCUT2D eigenvalue weighted by Crippen LogP contribution is -2.35. The molecule has 1 amide bonds. The van der Waals surface area contributed by atoms with Crippen molar-refractivity contribution in [2.75, 3.05) is 0 Å². The zero-order chi connectivity index (χ0) is 20.0. The van der Waals surface area contributed by atoms with Crippen LogP contribution in [0.5, 0.6) is 0 Å². The molecule has 2 aromatic heterocycles. The number of pyridine rings is 1. The van der Waals surface area contributed by atoms with Gasteiger partial charge in [-0.05, 0) is 51.3 Å². The summed E-state index contributed by atoms with van der Waals surface area (Å²) >= 11 is 0. The van der Waals surface area contributed by atoms with Gasteiger partial charge in [-0.15, -0.1) is 0 Å². The molecule has 2 heterocycles. The first-order valence-electron chi connectivity index (χ1n) is 9.28. The number of aromatic nitrogens is 4. The maximum absolute atomic E-state index is 12.3. The summed E-state index contributed by atoms with van der Waals surface area (Å²) in [6.07, 6.45) is 2.64. The minimum atomic E-state index is -0.575. The lowest BCUT2D eigenvalue weighted by molar-refractivity contribution is 0.0498. The molecular weight excluding hydrogens is 354 g/mol. The fourth-order valence-corrected chi connectivity index (χ4v) is 2.72. The number of aromatic amines is 1. The van der Waals surface area contributed by atoms with Crippen LogP contribution >= 0.6 is 0 Å². The number of nitrogens with zero attached hydrogens (tertiary/aromatic N) is 3. The highest BCUT2D eigenvalue weighted by Gasteiger charge is 2.23. The number of rotatable bonds is 6. The van der Waals surface area contributed by atoms with Gasteiger partial charge in [0.25, 0.3) is 0 Å². The summed E-state index contributed by atoms with van der Waals surface area (Å²) < 4.78 is 5.41. The molecule has 0 saturated heterocycles. The van der Waals surface area contributed by atoms with E-state index in [0.717, 1.165) is 6.42 Å². The maximum Gasteiger partial charge on any atom is 0.408 e. The Bertz CT molecular complexity index is 888. The summed E-state index contributed by atoms with van der Waals surface area (Å²) in [6.45, 7) is 5.50. The molecule has 28 heavy (non-hydrogen) atoms. The molecule has 1 atom stereocenters. The van der Waals surface area contributed by atoms with E-state index < -0.39 is 11.7 Å². The van der Waals surface area contributed by atoms with Crippen LogP contribution in [0.3, 0.4) is 0 Å². The minimum absolute atomic E-state index is 0.361. The van der Waals surface area contributed by atoms with E-state index in [1.807, 2.05) is 57.2 Å². The van der Waals surface area contributed by atoms with Crippen LogP contribution in [0, 0.1) is 0 Å². The molecule has 7 nitrogen and oxygen atoms in total. The Labute approximate surface area is 164 Å². The molecule has 0 aliphatic carbocycles. The highest BCUT2D eigenvalue weighted by atomic mass is 16.6. The van der Waals surface area contributed by atoms with E-state index in [-0.39, 0.29) is 6.04 Å². The third kappa shape index (κ3) is 5.64. The van der Waals surface area contributed by atoms with E-state index in [1.54, 1.807) is 6.20 Å².